The number of nitrogens with one attached hydrogen (secondary N) is 2. The van der Waals surface area contributed by atoms with Crippen LogP contribution in [0, 0.1) is 0 Å². The predicted molar refractivity (Wildman–Crippen MR) is 158 cm³/mol. The average Bonchev–Trinajstić information content (AvgIpc) is 2.87. The van der Waals surface area contributed by atoms with E-state index in [0.717, 1.165) is 31.4 Å². The number of unbranched alkanes of at least 4 members (excludes halogenated alkanes) is 13. The van der Waals surface area contributed by atoms with Gasteiger partial charge in [-0.05, 0) is 39.5 Å². The SMILES string of the molecule is CCCCCCCCCCCCCCCCNC(=O)c1ccccc1COC(=O)NCCCN(C)C.Cl. The third-order valence-corrected chi connectivity index (χ3v) is 6.49. The van der Waals surface area contributed by atoms with Crippen LogP contribution < -0.4 is 10.6 Å². The maximum Gasteiger partial charge on any atom is 0.407 e. The lowest BCUT2D eigenvalue weighted by molar-refractivity contribution is 0.0946. The molecule has 0 saturated carbocycles. The summed E-state index contributed by atoms with van der Waals surface area (Å²) in [6.45, 7) is 4.51. The molecule has 0 radical (unpaired) electrons. The van der Waals surface area contributed by atoms with Gasteiger partial charge in [-0.3, -0.25) is 4.79 Å². The van der Waals surface area contributed by atoms with Crippen molar-refractivity contribution < 1.29 is 14.3 Å². The van der Waals surface area contributed by atoms with Crippen molar-refractivity contribution >= 4 is 24.4 Å². The second kappa shape index (κ2) is 24.5. The lowest BCUT2D eigenvalue weighted by Gasteiger charge is -2.12. The number of nitrogens with zero attached hydrogens (tertiary/aromatic N) is 1. The Morgan fingerprint density at radius 2 is 1.24 bits per heavy atom. The molecule has 7 heteroatoms. The largest absolute Gasteiger partial charge is 0.445 e. The Balaban J connectivity index is 0.0000130. The Kier molecular flexibility index (Phi) is 23.4. The van der Waals surface area contributed by atoms with Gasteiger partial charge in [-0.2, -0.15) is 0 Å². The van der Waals surface area contributed by atoms with Gasteiger partial charge in [0.2, 0.25) is 0 Å². The van der Waals surface area contributed by atoms with E-state index < -0.39 is 6.09 Å². The quantitative estimate of drug-likeness (QED) is 0.150. The van der Waals surface area contributed by atoms with E-state index in [-0.39, 0.29) is 24.9 Å². The zero-order valence-corrected chi connectivity index (χ0v) is 24.6. The Morgan fingerprint density at radius 3 is 1.81 bits per heavy atom. The number of ether oxygens (including phenoxy) is 1. The monoisotopic (exact) mass is 539 g/mol. The van der Waals surface area contributed by atoms with Crippen LogP contribution in [0.2, 0.25) is 0 Å². The van der Waals surface area contributed by atoms with E-state index in [0.29, 0.717) is 18.7 Å². The van der Waals surface area contributed by atoms with Gasteiger partial charge in [0.25, 0.3) is 5.91 Å². The molecule has 0 aromatic heterocycles. The summed E-state index contributed by atoms with van der Waals surface area (Å²) in [4.78, 5) is 26.6. The minimum atomic E-state index is -0.452. The molecule has 37 heavy (non-hydrogen) atoms. The number of carbonyl (C=O) groups excluding carboxylic acids is 2. The molecule has 1 aromatic rings. The van der Waals surface area contributed by atoms with Gasteiger partial charge < -0.3 is 20.3 Å². The van der Waals surface area contributed by atoms with Gasteiger partial charge in [0.15, 0.2) is 0 Å². The summed E-state index contributed by atoms with van der Waals surface area (Å²) in [5.41, 5.74) is 1.29. The molecule has 0 unspecified atom stereocenters. The number of carbonyl (C=O) groups is 2. The molecular formula is C30H54ClN3O3. The lowest BCUT2D eigenvalue weighted by Crippen LogP contribution is -2.28. The van der Waals surface area contributed by atoms with Crippen molar-refractivity contribution in [2.45, 2.75) is 110 Å². The van der Waals surface area contributed by atoms with Crippen LogP contribution in [0.4, 0.5) is 4.79 Å². The fourth-order valence-electron chi connectivity index (χ4n) is 4.26. The van der Waals surface area contributed by atoms with E-state index in [2.05, 4.69) is 22.5 Å². The van der Waals surface area contributed by atoms with Crippen molar-refractivity contribution in [1.82, 2.24) is 15.5 Å². The molecule has 6 nitrogen and oxygen atoms in total. The zero-order valence-electron chi connectivity index (χ0n) is 23.8. The highest BCUT2D eigenvalue weighted by Gasteiger charge is 2.12. The average molecular weight is 540 g/mol. The Labute approximate surface area is 233 Å². The van der Waals surface area contributed by atoms with Gasteiger partial charge in [-0.1, -0.05) is 109 Å². The Hall–Kier alpha value is -1.79. The number of amides is 2. The summed E-state index contributed by atoms with van der Waals surface area (Å²) in [5, 5.41) is 5.78. The highest BCUT2D eigenvalue weighted by Crippen LogP contribution is 2.13. The van der Waals surface area contributed by atoms with Crippen LogP contribution >= 0.6 is 12.4 Å². The molecule has 1 aromatic carbocycles. The van der Waals surface area contributed by atoms with Crippen LogP contribution in [-0.2, 0) is 11.3 Å². The van der Waals surface area contributed by atoms with E-state index in [1.54, 1.807) is 6.07 Å². The first kappa shape index (κ1) is 35.2. The van der Waals surface area contributed by atoms with Crippen LogP contribution in [0.25, 0.3) is 0 Å². The third kappa shape index (κ3) is 19.9. The fraction of sp³-hybridized carbons (Fsp3) is 0.733. The summed E-state index contributed by atoms with van der Waals surface area (Å²) in [6, 6.07) is 7.32. The number of benzene rings is 1. The first-order valence-electron chi connectivity index (χ1n) is 14.5. The summed E-state index contributed by atoms with van der Waals surface area (Å²) >= 11 is 0. The molecule has 2 N–H and O–H groups in total. The predicted octanol–water partition coefficient (Wildman–Crippen LogP) is 7.50. The second-order valence-corrected chi connectivity index (χ2v) is 10.2. The molecule has 0 bridgehead atoms. The minimum absolute atomic E-state index is 0. The van der Waals surface area contributed by atoms with Gasteiger partial charge in [0, 0.05) is 24.2 Å². The zero-order chi connectivity index (χ0) is 26.3. The number of halogens is 1. The molecule has 0 spiro atoms. The van der Waals surface area contributed by atoms with Crippen molar-refractivity contribution in [2.24, 2.45) is 0 Å². The normalized spacial score (nSPS) is 10.7. The van der Waals surface area contributed by atoms with E-state index in [1.165, 1.54) is 77.0 Å². The maximum atomic E-state index is 12.6. The van der Waals surface area contributed by atoms with E-state index in [9.17, 15) is 9.59 Å². The summed E-state index contributed by atoms with van der Waals surface area (Å²) in [6.07, 6.45) is 18.9. The van der Waals surface area contributed by atoms with Crippen molar-refractivity contribution in [3.63, 3.8) is 0 Å². The first-order chi connectivity index (χ1) is 17.5. The molecule has 0 saturated heterocycles. The molecule has 0 atom stereocenters. The molecule has 214 valence electrons. The van der Waals surface area contributed by atoms with Crippen LogP contribution in [0.3, 0.4) is 0 Å². The minimum Gasteiger partial charge on any atom is -0.445 e. The van der Waals surface area contributed by atoms with Gasteiger partial charge in [-0.25, -0.2) is 4.79 Å². The van der Waals surface area contributed by atoms with Crippen LogP contribution in [0.1, 0.15) is 119 Å². The van der Waals surface area contributed by atoms with Crippen molar-refractivity contribution in [2.75, 3.05) is 33.7 Å². The fourth-order valence-corrected chi connectivity index (χ4v) is 4.26. The topological polar surface area (TPSA) is 70.7 Å². The summed E-state index contributed by atoms with van der Waals surface area (Å²) in [7, 11) is 4.00. The van der Waals surface area contributed by atoms with E-state index >= 15 is 0 Å². The highest BCUT2D eigenvalue weighted by atomic mass is 35.5. The molecule has 0 heterocycles. The Morgan fingerprint density at radius 1 is 0.730 bits per heavy atom. The van der Waals surface area contributed by atoms with Crippen LogP contribution in [0.15, 0.2) is 24.3 Å². The smallest absolute Gasteiger partial charge is 0.407 e. The van der Waals surface area contributed by atoms with Crippen LogP contribution in [-0.4, -0.2) is 50.6 Å². The number of rotatable bonds is 22. The molecular weight excluding hydrogens is 486 g/mol. The van der Waals surface area contributed by atoms with E-state index in [1.807, 2.05) is 32.3 Å². The van der Waals surface area contributed by atoms with Gasteiger partial charge in [-0.15, -0.1) is 12.4 Å². The van der Waals surface area contributed by atoms with Crippen molar-refractivity contribution in [1.29, 1.82) is 0 Å². The number of alkyl carbamates (subject to hydrolysis) is 1. The molecule has 0 aliphatic carbocycles. The molecule has 1 rings (SSSR count). The number of hydrogen-bond acceptors (Lipinski definition) is 4. The summed E-state index contributed by atoms with van der Waals surface area (Å²) < 4.78 is 5.31. The van der Waals surface area contributed by atoms with Crippen molar-refractivity contribution in [3.05, 3.63) is 35.4 Å². The van der Waals surface area contributed by atoms with Crippen LogP contribution in [0.5, 0.6) is 0 Å². The lowest BCUT2D eigenvalue weighted by atomic mass is 10.0. The highest BCUT2D eigenvalue weighted by molar-refractivity contribution is 5.95. The standard InChI is InChI=1S/C30H53N3O3.ClH/c1-4-5-6-7-8-9-10-11-12-13-14-15-16-19-23-31-29(34)28-22-18-17-21-27(28)26-36-30(35)32-24-20-25-33(2)3;/h17-18,21-22H,4-16,19-20,23-26H2,1-3H3,(H,31,34)(H,32,35);1H. The molecule has 0 aliphatic rings. The third-order valence-electron chi connectivity index (χ3n) is 6.49. The van der Waals surface area contributed by atoms with Crippen molar-refractivity contribution in [3.8, 4) is 0 Å². The van der Waals surface area contributed by atoms with Gasteiger partial charge in [0.05, 0.1) is 0 Å². The molecule has 2 amide bonds. The maximum absolute atomic E-state index is 12.6. The Bertz CT molecular complexity index is 700. The summed E-state index contributed by atoms with van der Waals surface area (Å²) in [5.74, 6) is -0.102. The van der Waals surface area contributed by atoms with Gasteiger partial charge in [0.1, 0.15) is 6.61 Å². The number of hydrogen-bond donors (Lipinski definition) is 2. The van der Waals surface area contributed by atoms with Gasteiger partial charge >= 0.3 is 6.09 Å². The van der Waals surface area contributed by atoms with E-state index in [4.69, 9.17) is 4.74 Å². The molecule has 0 fully saturated rings. The second-order valence-electron chi connectivity index (χ2n) is 10.2. The first-order valence-corrected chi connectivity index (χ1v) is 14.5. The molecule has 0 aliphatic heterocycles.